The summed E-state index contributed by atoms with van der Waals surface area (Å²) in [5.74, 6) is 0.295. The van der Waals surface area contributed by atoms with Gasteiger partial charge >= 0.3 is 0 Å². The molecule has 1 aromatic carbocycles. The number of hydrogen-bond acceptors (Lipinski definition) is 4. The van der Waals surface area contributed by atoms with Crippen molar-refractivity contribution in [2.75, 3.05) is 18.5 Å². The lowest BCUT2D eigenvalue weighted by Crippen LogP contribution is -2.26. The highest BCUT2D eigenvalue weighted by Crippen LogP contribution is 2.19. The van der Waals surface area contributed by atoms with E-state index < -0.39 is 4.92 Å². The van der Waals surface area contributed by atoms with Crippen LogP contribution in [0.25, 0.3) is 0 Å². The number of hydrogen-bond donors (Lipinski definition) is 1. The minimum absolute atomic E-state index is 0.0151. The third-order valence-electron chi connectivity index (χ3n) is 3.08. The molecule has 0 aliphatic rings. The second-order valence-electron chi connectivity index (χ2n) is 4.61. The van der Waals surface area contributed by atoms with E-state index in [0.717, 1.165) is 6.42 Å². The maximum absolute atomic E-state index is 11.9. The Bertz CT molecular complexity index is 445. The van der Waals surface area contributed by atoms with Gasteiger partial charge in [0.2, 0.25) is 5.91 Å². The number of nitrogens with zero attached hydrogens (tertiary/aromatic N) is 2. The topological polar surface area (TPSA) is 89.5 Å². The van der Waals surface area contributed by atoms with E-state index in [1.807, 2.05) is 6.92 Å². The molecule has 19 heavy (non-hydrogen) atoms. The summed E-state index contributed by atoms with van der Waals surface area (Å²) < 4.78 is 0. The fourth-order valence-electron chi connectivity index (χ4n) is 1.60. The van der Waals surface area contributed by atoms with Gasteiger partial charge in [0.25, 0.3) is 5.69 Å². The van der Waals surface area contributed by atoms with E-state index in [4.69, 9.17) is 5.73 Å². The Hall–Kier alpha value is -1.95. The zero-order valence-electron chi connectivity index (χ0n) is 11.2. The zero-order valence-corrected chi connectivity index (χ0v) is 11.2. The normalized spacial score (nSPS) is 11.9. The first-order chi connectivity index (χ1) is 8.95. The van der Waals surface area contributed by atoms with Crippen molar-refractivity contribution in [1.29, 1.82) is 0 Å². The van der Waals surface area contributed by atoms with Gasteiger partial charge in [0.15, 0.2) is 0 Å². The first kappa shape index (κ1) is 15.1. The molecule has 1 aromatic rings. The predicted molar refractivity (Wildman–Crippen MR) is 74.0 cm³/mol. The van der Waals surface area contributed by atoms with Gasteiger partial charge in [-0.05, 0) is 31.0 Å². The number of anilines is 1. The van der Waals surface area contributed by atoms with Crippen LogP contribution in [0, 0.1) is 16.0 Å². The number of carbonyl (C=O) groups excluding carboxylic acids is 1. The molecule has 2 N–H and O–H groups in total. The molecule has 104 valence electrons. The first-order valence-electron chi connectivity index (χ1n) is 6.16. The number of nitrogens with two attached hydrogens (primary N) is 1. The van der Waals surface area contributed by atoms with Crippen LogP contribution >= 0.6 is 0 Å². The van der Waals surface area contributed by atoms with E-state index >= 15 is 0 Å². The molecule has 6 heteroatoms. The smallest absolute Gasteiger partial charge is 0.269 e. The molecular formula is C13H19N3O3. The lowest BCUT2D eigenvalue weighted by molar-refractivity contribution is -0.384. The van der Waals surface area contributed by atoms with E-state index in [2.05, 4.69) is 0 Å². The first-order valence-corrected chi connectivity index (χ1v) is 6.16. The van der Waals surface area contributed by atoms with E-state index in [9.17, 15) is 14.9 Å². The molecule has 1 amide bonds. The van der Waals surface area contributed by atoms with Crippen LogP contribution in [-0.4, -0.2) is 24.4 Å². The van der Waals surface area contributed by atoms with E-state index in [1.165, 1.54) is 17.0 Å². The maximum atomic E-state index is 11.9. The molecule has 0 saturated heterocycles. The largest absolute Gasteiger partial charge is 0.330 e. The third kappa shape index (κ3) is 4.33. The second kappa shape index (κ2) is 6.84. The number of benzene rings is 1. The van der Waals surface area contributed by atoms with Crippen LogP contribution in [0.4, 0.5) is 11.4 Å². The molecule has 1 unspecified atom stereocenters. The standard InChI is InChI=1S/C13H19N3O3/c1-10(9-14)3-8-13(17)15(2)11-4-6-12(7-5-11)16(18)19/h4-7,10H,3,8-9,14H2,1-2H3. The van der Waals surface area contributed by atoms with Crippen LogP contribution in [0.5, 0.6) is 0 Å². The van der Waals surface area contributed by atoms with Gasteiger partial charge in [-0.3, -0.25) is 14.9 Å². The van der Waals surface area contributed by atoms with Gasteiger partial charge in [0.1, 0.15) is 0 Å². The predicted octanol–water partition coefficient (Wildman–Crippen LogP) is 1.93. The Labute approximate surface area is 112 Å². The van der Waals surface area contributed by atoms with Crippen molar-refractivity contribution in [3.05, 3.63) is 34.4 Å². The van der Waals surface area contributed by atoms with Gasteiger partial charge in [0.05, 0.1) is 4.92 Å². The third-order valence-corrected chi connectivity index (χ3v) is 3.08. The van der Waals surface area contributed by atoms with Gasteiger partial charge in [-0.25, -0.2) is 0 Å². The molecule has 0 fully saturated rings. The van der Waals surface area contributed by atoms with Crippen LogP contribution in [0.2, 0.25) is 0 Å². The van der Waals surface area contributed by atoms with Crippen molar-refractivity contribution in [2.24, 2.45) is 11.7 Å². The molecule has 0 aliphatic heterocycles. The molecule has 0 saturated carbocycles. The van der Waals surface area contributed by atoms with Crippen LogP contribution < -0.4 is 10.6 Å². The van der Waals surface area contributed by atoms with Gasteiger partial charge in [-0.15, -0.1) is 0 Å². The van der Waals surface area contributed by atoms with E-state index in [0.29, 0.717) is 24.6 Å². The van der Waals surface area contributed by atoms with Crippen molar-refractivity contribution in [1.82, 2.24) is 0 Å². The maximum Gasteiger partial charge on any atom is 0.269 e. The lowest BCUT2D eigenvalue weighted by atomic mass is 10.1. The Balaban J connectivity index is 2.63. The minimum atomic E-state index is -0.464. The Morgan fingerprint density at radius 3 is 2.47 bits per heavy atom. The summed E-state index contributed by atoms with van der Waals surface area (Å²) in [5, 5.41) is 10.5. The van der Waals surface area contributed by atoms with Crippen molar-refractivity contribution in [3.63, 3.8) is 0 Å². The number of nitro groups is 1. The second-order valence-corrected chi connectivity index (χ2v) is 4.61. The number of rotatable bonds is 6. The Morgan fingerprint density at radius 1 is 1.42 bits per heavy atom. The molecule has 0 aliphatic carbocycles. The number of carbonyl (C=O) groups is 1. The fraction of sp³-hybridized carbons (Fsp3) is 0.462. The van der Waals surface area contributed by atoms with Crippen molar-refractivity contribution in [2.45, 2.75) is 19.8 Å². The fourth-order valence-corrected chi connectivity index (χ4v) is 1.60. The monoisotopic (exact) mass is 265 g/mol. The summed E-state index contributed by atoms with van der Waals surface area (Å²) in [5.41, 5.74) is 6.17. The van der Waals surface area contributed by atoms with Gasteiger partial charge in [-0.1, -0.05) is 6.92 Å². The summed E-state index contributed by atoms with van der Waals surface area (Å²) in [7, 11) is 1.66. The molecule has 1 rings (SSSR count). The molecule has 0 aromatic heterocycles. The van der Waals surface area contributed by atoms with Crippen molar-refractivity contribution >= 4 is 17.3 Å². The average molecular weight is 265 g/mol. The van der Waals surface area contributed by atoms with E-state index in [1.54, 1.807) is 19.2 Å². The van der Waals surface area contributed by atoms with Gasteiger partial charge in [-0.2, -0.15) is 0 Å². The van der Waals surface area contributed by atoms with Crippen molar-refractivity contribution < 1.29 is 9.72 Å². The summed E-state index contributed by atoms with van der Waals surface area (Å²) in [6.45, 7) is 2.56. The van der Waals surface area contributed by atoms with Gasteiger partial charge in [0, 0.05) is 31.3 Å². The van der Waals surface area contributed by atoms with Crippen LogP contribution in [0.1, 0.15) is 19.8 Å². The highest BCUT2D eigenvalue weighted by molar-refractivity contribution is 5.92. The number of non-ortho nitro benzene ring substituents is 1. The molecular weight excluding hydrogens is 246 g/mol. The van der Waals surface area contributed by atoms with Crippen LogP contribution in [0.15, 0.2) is 24.3 Å². The molecule has 0 radical (unpaired) electrons. The summed E-state index contributed by atoms with van der Waals surface area (Å²) >= 11 is 0. The van der Waals surface area contributed by atoms with Crippen molar-refractivity contribution in [3.8, 4) is 0 Å². The Kier molecular flexibility index (Phi) is 5.44. The molecule has 1 atom stereocenters. The van der Waals surface area contributed by atoms with Gasteiger partial charge < -0.3 is 10.6 Å². The van der Waals surface area contributed by atoms with Crippen LogP contribution in [-0.2, 0) is 4.79 Å². The quantitative estimate of drug-likeness (QED) is 0.628. The SMILES string of the molecule is CC(CN)CCC(=O)N(C)c1ccc([N+](=O)[O-])cc1. The summed E-state index contributed by atoms with van der Waals surface area (Å²) in [6.07, 6.45) is 1.17. The number of amides is 1. The summed E-state index contributed by atoms with van der Waals surface area (Å²) in [4.78, 5) is 23.5. The lowest BCUT2D eigenvalue weighted by Gasteiger charge is -2.18. The highest BCUT2D eigenvalue weighted by atomic mass is 16.6. The average Bonchev–Trinajstić information content (AvgIpc) is 2.43. The molecule has 0 spiro atoms. The molecule has 6 nitrogen and oxygen atoms in total. The highest BCUT2D eigenvalue weighted by Gasteiger charge is 2.13. The molecule has 0 bridgehead atoms. The summed E-state index contributed by atoms with van der Waals surface area (Å²) in [6, 6.07) is 5.92. The molecule has 0 heterocycles. The zero-order chi connectivity index (χ0) is 14.4. The Morgan fingerprint density at radius 2 is 2.00 bits per heavy atom. The minimum Gasteiger partial charge on any atom is -0.330 e. The van der Waals surface area contributed by atoms with Crippen LogP contribution in [0.3, 0.4) is 0 Å². The number of nitro benzene ring substituents is 1. The van der Waals surface area contributed by atoms with E-state index in [-0.39, 0.29) is 11.6 Å².